The molecule has 2 rings (SSSR count). The molecule has 0 bridgehead atoms. The molecule has 21 heavy (non-hydrogen) atoms. The van der Waals surface area contributed by atoms with Crippen LogP contribution in [0.25, 0.3) is 0 Å². The highest BCUT2D eigenvalue weighted by Gasteiger charge is 2.26. The van der Waals surface area contributed by atoms with Crippen LogP contribution in [0.4, 0.5) is 0 Å². The summed E-state index contributed by atoms with van der Waals surface area (Å²) >= 11 is 0. The second-order valence-electron chi connectivity index (χ2n) is 5.92. The zero-order valence-corrected chi connectivity index (χ0v) is 12.7. The van der Waals surface area contributed by atoms with Crippen molar-refractivity contribution in [3.63, 3.8) is 0 Å². The lowest BCUT2D eigenvalue weighted by Crippen LogP contribution is -2.43. The summed E-state index contributed by atoms with van der Waals surface area (Å²) in [5.74, 6) is 0.593. The van der Waals surface area contributed by atoms with E-state index >= 15 is 0 Å². The van der Waals surface area contributed by atoms with Gasteiger partial charge in [0.2, 0.25) is 0 Å². The van der Waals surface area contributed by atoms with Gasteiger partial charge in [0.05, 0.1) is 25.9 Å². The Labute approximate surface area is 126 Å². The Kier molecular flexibility index (Phi) is 5.60. The maximum absolute atomic E-state index is 8.97. The Morgan fingerprint density at radius 1 is 1.24 bits per heavy atom. The van der Waals surface area contributed by atoms with Crippen LogP contribution in [-0.2, 0) is 11.3 Å². The molecule has 0 heterocycles. The SMILES string of the molecule is COc1cc(COCC2(N)CCCCCC2)ccc1C#N. The van der Waals surface area contributed by atoms with Crippen molar-refractivity contribution in [3.8, 4) is 11.8 Å². The lowest BCUT2D eigenvalue weighted by Gasteiger charge is -2.27. The molecular formula is C17H24N2O2. The van der Waals surface area contributed by atoms with Gasteiger partial charge in [0.1, 0.15) is 11.8 Å². The van der Waals surface area contributed by atoms with Crippen LogP contribution in [0, 0.1) is 11.3 Å². The first-order chi connectivity index (χ1) is 10.2. The first-order valence-corrected chi connectivity index (χ1v) is 7.60. The quantitative estimate of drug-likeness (QED) is 0.845. The summed E-state index contributed by atoms with van der Waals surface area (Å²) < 4.78 is 11.0. The molecule has 1 aromatic carbocycles. The molecule has 1 fully saturated rings. The van der Waals surface area contributed by atoms with Crippen molar-refractivity contribution in [1.29, 1.82) is 5.26 Å². The van der Waals surface area contributed by atoms with E-state index in [0.29, 0.717) is 24.5 Å². The molecule has 1 aliphatic rings. The summed E-state index contributed by atoms with van der Waals surface area (Å²) in [6, 6.07) is 7.63. The molecule has 0 amide bonds. The second-order valence-corrected chi connectivity index (χ2v) is 5.92. The van der Waals surface area contributed by atoms with E-state index < -0.39 is 0 Å². The molecule has 4 nitrogen and oxygen atoms in total. The third-order valence-corrected chi connectivity index (χ3v) is 4.14. The van der Waals surface area contributed by atoms with Gasteiger partial charge in [-0.15, -0.1) is 0 Å². The highest BCUT2D eigenvalue weighted by molar-refractivity contribution is 5.45. The summed E-state index contributed by atoms with van der Waals surface area (Å²) in [5.41, 5.74) is 7.80. The predicted molar refractivity (Wildman–Crippen MR) is 82.0 cm³/mol. The number of nitrogens with two attached hydrogens (primary N) is 1. The fraction of sp³-hybridized carbons (Fsp3) is 0.588. The van der Waals surface area contributed by atoms with Crippen molar-refractivity contribution >= 4 is 0 Å². The number of nitriles is 1. The number of rotatable bonds is 5. The number of ether oxygens (including phenoxy) is 2. The first kappa shape index (κ1) is 15.8. The van der Waals surface area contributed by atoms with Crippen molar-refractivity contribution in [2.24, 2.45) is 5.73 Å². The summed E-state index contributed by atoms with van der Waals surface area (Å²) in [7, 11) is 1.57. The molecule has 4 heteroatoms. The van der Waals surface area contributed by atoms with Crippen molar-refractivity contribution in [1.82, 2.24) is 0 Å². The number of hydrogen-bond donors (Lipinski definition) is 1. The fourth-order valence-electron chi connectivity index (χ4n) is 2.87. The Morgan fingerprint density at radius 3 is 2.57 bits per heavy atom. The maximum atomic E-state index is 8.97. The fourth-order valence-corrected chi connectivity index (χ4v) is 2.87. The molecule has 0 radical (unpaired) electrons. The number of nitrogens with zero attached hydrogens (tertiary/aromatic N) is 1. The average molecular weight is 288 g/mol. The Bertz CT molecular complexity index is 500. The van der Waals surface area contributed by atoms with Crippen LogP contribution in [0.15, 0.2) is 18.2 Å². The minimum atomic E-state index is -0.173. The van der Waals surface area contributed by atoms with Gasteiger partial charge in [-0.3, -0.25) is 0 Å². The highest BCUT2D eigenvalue weighted by Crippen LogP contribution is 2.26. The molecule has 1 aliphatic carbocycles. The zero-order chi connectivity index (χ0) is 15.1. The molecule has 2 N–H and O–H groups in total. The standard InChI is InChI=1S/C17H24N2O2/c1-20-16-10-14(6-7-15(16)11-18)12-21-13-17(19)8-4-2-3-5-9-17/h6-7,10H,2-5,8-9,12-13,19H2,1H3. The number of benzene rings is 1. The topological polar surface area (TPSA) is 68.3 Å². The van der Waals surface area contributed by atoms with Crippen molar-refractivity contribution in [2.75, 3.05) is 13.7 Å². The van der Waals surface area contributed by atoms with E-state index in [1.807, 2.05) is 12.1 Å². The van der Waals surface area contributed by atoms with Crippen molar-refractivity contribution < 1.29 is 9.47 Å². The Hall–Kier alpha value is -1.57. The van der Waals surface area contributed by atoms with Crippen LogP contribution in [0.1, 0.15) is 49.7 Å². The van der Waals surface area contributed by atoms with Gasteiger partial charge in [-0.1, -0.05) is 31.7 Å². The van der Waals surface area contributed by atoms with Crippen LogP contribution in [0.5, 0.6) is 5.75 Å². The normalized spacial score (nSPS) is 17.8. The molecular weight excluding hydrogens is 264 g/mol. The number of methoxy groups -OCH3 is 1. The van der Waals surface area contributed by atoms with Gasteiger partial charge < -0.3 is 15.2 Å². The summed E-state index contributed by atoms with van der Waals surface area (Å²) in [6.07, 6.45) is 7.06. The van der Waals surface area contributed by atoms with Crippen LogP contribution in [0.2, 0.25) is 0 Å². The summed E-state index contributed by atoms with van der Waals surface area (Å²) in [4.78, 5) is 0. The van der Waals surface area contributed by atoms with Crippen molar-refractivity contribution in [2.45, 2.75) is 50.7 Å². The predicted octanol–water partition coefficient (Wildman–Crippen LogP) is 3.14. The lowest BCUT2D eigenvalue weighted by atomic mass is 9.92. The molecule has 0 spiro atoms. The Balaban J connectivity index is 1.89. The molecule has 0 aliphatic heterocycles. The van der Waals surface area contributed by atoms with Gasteiger partial charge in [-0.25, -0.2) is 0 Å². The van der Waals surface area contributed by atoms with Gasteiger partial charge >= 0.3 is 0 Å². The van der Waals surface area contributed by atoms with E-state index in [0.717, 1.165) is 18.4 Å². The Morgan fingerprint density at radius 2 is 1.95 bits per heavy atom. The monoisotopic (exact) mass is 288 g/mol. The van der Waals surface area contributed by atoms with E-state index in [-0.39, 0.29) is 5.54 Å². The van der Waals surface area contributed by atoms with Gasteiger partial charge in [0.25, 0.3) is 0 Å². The summed E-state index contributed by atoms with van der Waals surface area (Å²) in [5, 5.41) is 8.97. The van der Waals surface area contributed by atoms with Gasteiger partial charge in [0, 0.05) is 5.54 Å². The molecule has 0 saturated heterocycles. The van der Waals surface area contributed by atoms with Gasteiger partial charge in [-0.2, -0.15) is 5.26 Å². The van der Waals surface area contributed by atoms with E-state index in [1.54, 1.807) is 13.2 Å². The van der Waals surface area contributed by atoms with E-state index in [9.17, 15) is 0 Å². The largest absolute Gasteiger partial charge is 0.495 e. The second kappa shape index (κ2) is 7.44. The molecule has 0 unspecified atom stereocenters. The molecule has 1 saturated carbocycles. The van der Waals surface area contributed by atoms with Gasteiger partial charge in [0.15, 0.2) is 0 Å². The van der Waals surface area contributed by atoms with E-state index in [1.165, 1.54) is 25.7 Å². The third-order valence-electron chi connectivity index (χ3n) is 4.14. The van der Waals surface area contributed by atoms with Crippen LogP contribution in [0.3, 0.4) is 0 Å². The maximum Gasteiger partial charge on any atom is 0.136 e. The molecule has 114 valence electrons. The minimum Gasteiger partial charge on any atom is -0.495 e. The van der Waals surface area contributed by atoms with Crippen LogP contribution in [-0.4, -0.2) is 19.3 Å². The number of hydrogen-bond acceptors (Lipinski definition) is 4. The molecule has 0 atom stereocenters. The van der Waals surface area contributed by atoms with Crippen LogP contribution < -0.4 is 10.5 Å². The minimum absolute atomic E-state index is 0.173. The van der Waals surface area contributed by atoms with E-state index in [4.69, 9.17) is 20.5 Å². The van der Waals surface area contributed by atoms with Crippen molar-refractivity contribution in [3.05, 3.63) is 29.3 Å². The lowest BCUT2D eigenvalue weighted by molar-refractivity contribution is 0.0666. The van der Waals surface area contributed by atoms with Gasteiger partial charge in [-0.05, 0) is 30.5 Å². The third kappa shape index (κ3) is 4.45. The smallest absolute Gasteiger partial charge is 0.136 e. The van der Waals surface area contributed by atoms with E-state index in [2.05, 4.69) is 6.07 Å². The highest BCUT2D eigenvalue weighted by atomic mass is 16.5. The zero-order valence-electron chi connectivity index (χ0n) is 12.7. The average Bonchev–Trinajstić information content (AvgIpc) is 2.72. The van der Waals surface area contributed by atoms with Crippen LogP contribution >= 0.6 is 0 Å². The summed E-state index contributed by atoms with van der Waals surface area (Å²) in [6.45, 7) is 1.09. The first-order valence-electron chi connectivity index (χ1n) is 7.60. The molecule has 0 aromatic heterocycles. The molecule has 1 aromatic rings.